The molecule has 0 aliphatic rings. The highest BCUT2D eigenvalue weighted by molar-refractivity contribution is 7.99. The van der Waals surface area contributed by atoms with Crippen molar-refractivity contribution < 1.29 is 9.53 Å². The Bertz CT molecular complexity index is 1080. The molecule has 4 aromatic rings. The molecule has 0 saturated carbocycles. The van der Waals surface area contributed by atoms with Crippen LogP contribution in [0.1, 0.15) is 10.4 Å². The van der Waals surface area contributed by atoms with Crippen LogP contribution in [0.4, 0.5) is 0 Å². The normalized spacial score (nSPS) is 10.9. The van der Waals surface area contributed by atoms with Gasteiger partial charge in [0.25, 0.3) is 0 Å². The van der Waals surface area contributed by atoms with Gasteiger partial charge in [-0.15, -0.1) is 10.2 Å². The van der Waals surface area contributed by atoms with Gasteiger partial charge in [-0.2, -0.15) is 9.61 Å². The van der Waals surface area contributed by atoms with Gasteiger partial charge in [0.2, 0.25) is 5.16 Å². The molecule has 0 aliphatic carbocycles. The molecule has 2 heterocycles. The molecule has 0 unspecified atom stereocenters. The Morgan fingerprint density at radius 3 is 2.52 bits per heavy atom. The molecule has 0 atom stereocenters. The molecule has 0 amide bonds. The minimum Gasteiger partial charge on any atom is -0.497 e. The summed E-state index contributed by atoms with van der Waals surface area (Å²) in [7, 11) is 1.64. The van der Waals surface area contributed by atoms with Gasteiger partial charge in [-0.1, -0.05) is 42.1 Å². The van der Waals surface area contributed by atoms with E-state index >= 15 is 0 Å². The van der Waals surface area contributed by atoms with E-state index in [1.54, 1.807) is 11.6 Å². The van der Waals surface area contributed by atoms with Crippen molar-refractivity contribution in [1.29, 1.82) is 0 Å². The highest BCUT2D eigenvalue weighted by Gasteiger charge is 2.12. The molecule has 0 saturated heterocycles. The number of benzene rings is 2. The van der Waals surface area contributed by atoms with E-state index in [1.165, 1.54) is 11.8 Å². The first-order valence-electron chi connectivity index (χ1n) is 8.32. The monoisotopic (exact) mass is 376 g/mol. The molecule has 0 bridgehead atoms. The number of thioether (sulfide) groups is 1. The second-order valence-corrected chi connectivity index (χ2v) is 6.72. The summed E-state index contributed by atoms with van der Waals surface area (Å²) < 4.78 is 6.86. The number of carbonyl (C=O) groups is 1. The van der Waals surface area contributed by atoms with Crippen LogP contribution in [0.2, 0.25) is 0 Å². The fourth-order valence-corrected chi connectivity index (χ4v) is 3.39. The SMILES string of the molecule is COc1ccc(-c2ccc3nnc(SCC(=O)c4ccccc4)n3n2)cc1. The summed E-state index contributed by atoms with van der Waals surface area (Å²) in [5, 5.41) is 13.5. The van der Waals surface area contributed by atoms with Crippen molar-refractivity contribution >= 4 is 23.2 Å². The summed E-state index contributed by atoms with van der Waals surface area (Å²) in [5.74, 6) is 1.11. The van der Waals surface area contributed by atoms with Gasteiger partial charge in [-0.3, -0.25) is 4.79 Å². The zero-order valence-corrected chi connectivity index (χ0v) is 15.4. The third kappa shape index (κ3) is 3.68. The van der Waals surface area contributed by atoms with E-state index in [2.05, 4.69) is 15.3 Å². The molecule has 6 nitrogen and oxygen atoms in total. The summed E-state index contributed by atoms with van der Waals surface area (Å²) in [6.07, 6.45) is 0. The fraction of sp³-hybridized carbons (Fsp3) is 0.100. The highest BCUT2D eigenvalue weighted by Crippen LogP contribution is 2.23. The van der Waals surface area contributed by atoms with Crippen LogP contribution in [0.25, 0.3) is 16.9 Å². The van der Waals surface area contributed by atoms with Gasteiger partial charge in [0.05, 0.1) is 18.6 Å². The number of carbonyl (C=O) groups excluding carboxylic acids is 1. The summed E-state index contributed by atoms with van der Waals surface area (Å²) in [6, 6.07) is 20.7. The van der Waals surface area contributed by atoms with Gasteiger partial charge < -0.3 is 4.74 Å². The molecular formula is C20H16N4O2S. The average molecular weight is 376 g/mol. The van der Waals surface area contributed by atoms with Crippen molar-refractivity contribution in [2.24, 2.45) is 0 Å². The van der Waals surface area contributed by atoms with Crippen LogP contribution in [0.15, 0.2) is 71.9 Å². The van der Waals surface area contributed by atoms with Crippen molar-refractivity contribution in [1.82, 2.24) is 19.8 Å². The maximum Gasteiger partial charge on any atom is 0.212 e. The number of methoxy groups -OCH3 is 1. The lowest BCUT2D eigenvalue weighted by molar-refractivity contribution is 0.102. The highest BCUT2D eigenvalue weighted by atomic mass is 32.2. The van der Waals surface area contributed by atoms with Crippen LogP contribution in [-0.2, 0) is 0 Å². The van der Waals surface area contributed by atoms with E-state index in [0.29, 0.717) is 16.4 Å². The third-order valence-corrected chi connectivity index (χ3v) is 4.97. The molecule has 134 valence electrons. The smallest absolute Gasteiger partial charge is 0.212 e. The molecule has 2 aromatic carbocycles. The fourth-order valence-electron chi connectivity index (χ4n) is 2.61. The van der Waals surface area contributed by atoms with E-state index in [4.69, 9.17) is 4.74 Å². The zero-order chi connectivity index (χ0) is 18.6. The van der Waals surface area contributed by atoms with E-state index in [9.17, 15) is 4.79 Å². The molecule has 0 N–H and O–H groups in total. The maximum atomic E-state index is 12.3. The van der Waals surface area contributed by atoms with Gasteiger partial charge in [-0.05, 0) is 36.4 Å². The number of Topliss-reactive ketones (excluding diaryl/α,β-unsaturated/α-hetero) is 1. The first-order chi connectivity index (χ1) is 13.2. The largest absolute Gasteiger partial charge is 0.497 e. The Morgan fingerprint density at radius 1 is 1.00 bits per heavy atom. The first kappa shape index (κ1) is 17.2. The second kappa shape index (κ2) is 7.59. The lowest BCUT2D eigenvalue weighted by Gasteiger charge is -2.04. The minimum absolute atomic E-state index is 0.0451. The average Bonchev–Trinajstić information content (AvgIpc) is 3.15. The number of aromatic nitrogens is 4. The van der Waals surface area contributed by atoms with Crippen LogP contribution in [-0.4, -0.2) is 38.5 Å². The van der Waals surface area contributed by atoms with Gasteiger partial charge in [0.15, 0.2) is 11.4 Å². The van der Waals surface area contributed by atoms with Crippen molar-refractivity contribution in [2.75, 3.05) is 12.9 Å². The van der Waals surface area contributed by atoms with Gasteiger partial charge in [0.1, 0.15) is 5.75 Å². The Labute approximate surface area is 160 Å². The van der Waals surface area contributed by atoms with Crippen molar-refractivity contribution in [3.05, 3.63) is 72.3 Å². The zero-order valence-electron chi connectivity index (χ0n) is 14.6. The molecule has 0 fully saturated rings. The Balaban J connectivity index is 1.57. The van der Waals surface area contributed by atoms with E-state index in [0.717, 1.165) is 17.0 Å². The van der Waals surface area contributed by atoms with Gasteiger partial charge >= 0.3 is 0 Å². The van der Waals surface area contributed by atoms with Gasteiger partial charge in [0, 0.05) is 11.1 Å². The molecule has 0 radical (unpaired) electrons. The molecule has 0 spiro atoms. The topological polar surface area (TPSA) is 69.4 Å². The Morgan fingerprint density at radius 2 is 1.78 bits per heavy atom. The maximum absolute atomic E-state index is 12.3. The molecule has 4 rings (SSSR count). The second-order valence-electron chi connectivity index (χ2n) is 5.78. The quantitative estimate of drug-likeness (QED) is 0.377. The van der Waals surface area contributed by atoms with Crippen molar-refractivity contribution in [2.45, 2.75) is 5.16 Å². The third-order valence-electron chi connectivity index (χ3n) is 4.05. The van der Waals surface area contributed by atoms with E-state index in [-0.39, 0.29) is 11.5 Å². The van der Waals surface area contributed by atoms with Crippen molar-refractivity contribution in [3.8, 4) is 17.0 Å². The molecular weight excluding hydrogens is 360 g/mol. The van der Waals surface area contributed by atoms with Crippen LogP contribution >= 0.6 is 11.8 Å². The minimum atomic E-state index is 0.0451. The lowest BCUT2D eigenvalue weighted by Crippen LogP contribution is -2.03. The lowest BCUT2D eigenvalue weighted by atomic mass is 10.1. The predicted octanol–water partition coefficient (Wildman–Crippen LogP) is 3.77. The molecule has 0 aliphatic heterocycles. The summed E-state index contributed by atoms with van der Waals surface area (Å²) in [5.41, 5.74) is 3.08. The van der Waals surface area contributed by atoms with Crippen LogP contribution < -0.4 is 4.74 Å². The number of ketones is 1. The number of nitrogens with zero attached hydrogens (tertiary/aromatic N) is 4. The number of fused-ring (bicyclic) bond motifs is 1. The number of hydrogen-bond donors (Lipinski definition) is 0. The molecule has 2 aromatic heterocycles. The first-order valence-corrected chi connectivity index (χ1v) is 9.31. The van der Waals surface area contributed by atoms with E-state index in [1.807, 2.05) is 66.7 Å². The molecule has 27 heavy (non-hydrogen) atoms. The standard InChI is InChI=1S/C20H16N4O2S/c1-26-16-9-7-14(8-10-16)17-11-12-19-21-22-20(24(19)23-17)27-13-18(25)15-5-3-2-4-6-15/h2-12H,13H2,1H3. The van der Waals surface area contributed by atoms with Crippen LogP contribution in [0.3, 0.4) is 0 Å². The van der Waals surface area contributed by atoms with Crippen LogP contribution in [0, 0.1) is 0 Å². The number of rotatable bonds is 6. The number of hydrogen-bond acceptors (Lipinski definition) is 6. The number of ether oxygens (including phenoxy) is 1. The summed E-state index contributed by atoms with van der Waals surface area (Å²) in [4.78, 5) is 12.3. The van der Waals surface area contributed by atoms with Gasteiger partial charge in [-0.25, -0.2) is 0 Å². The summed E-state index contributed by atoms with van der Waals surface area (Å²) >= 11 is 1.33. The predicted molar refractivity (Wildman–Crippen MR) is 104 cm³/mol. The Kier molecular flexibility index (Phi) is 4.84. The van der Waals surface area contributed by atoms with Crippen molar-refractivity contribution in [3.63, 3.8) is 0 Å². The summed E-state index contributed by atoms with van der Waals surface area (Å²) in [6.45, 7) is 0. The van der Waals surface area contributed by atoms with Crippen LogP contribution in [0.5, 0.6) is 5.75 Å². The Hall–Kier alpha value is -3.19. The van der Waals surface area contributed by atoms with E-state index < -0.39 is 0 Å². The molecule has 7 heteroatoms.